The Bertz CT molecular complexity index is 922. The van der Waals surface area contributed by atoms with Gasteiger partial charge >= 0.3 is 10.1 Å². The summed E-state index contributed by atoms with van der Waals surface area (Å²) >= 11 is 2.13. The summed E-state index contributed by atoms with van der Waals surface area (Å²) in [5.41, 5.74) is 1.18. The summed E-state index contributed by atoms with van der Waals surface area (Å²) in [6.45, 7) is 3.54. The van der Waals surface area contributed by atoms with Crippen molar-refractivity contribution in [3.05, 3.63) is 53.1 Å². The predicted octanol–water partition coefficient (Wildman–Crippen LogP) is 3.86. The molecule has 1 N–H and O–H groups in total. The maximum absolute atomic E-state index is 12.7. The van der Waals surface area contributed by atoms with Crippen LogP contribution in [-0.4, -0.2) is 36.9 Å². The molecule has 0 bridgehead atoms. The first kappa shape index (κ1) is 21.6. The molecule has 2 rings (SSSR count). The lowest BCUT2D eigenvalue weighted by Gasteiger charge is -2.15. The molecule has 2 aromatic rings. The van der Waals surface area contributed by atoms with Gasteiger partial charge in [-0.2, -0.15) is 8.42 Å². The molecule has 8 heteroatoms. The molecule has 0 radical (unpaired) electrons. The van der Waals surface area contributed by atoms with Gasteiger partial charge in [0.1, 0.15) is 16.4 Å². The van der Waals surface area contributed by atoms with Crippen molar-refractivity contribution in [2.75, 3.05) is 11.5 Å². The molecule has 1 unspecified atom stereocenters. The number of hydrogen-bond donors (Lipinski definition) is 1. The van der Waals surface area contributed by atoms with Crippen LogP contribution in [0.1, 0.15) is 34.8 Å². The Morgan fingerprint density at radius 3 is 2.41 bits per heavy atom. The highest BCUT2D eigenvalue weighted by molar-refractivity contribution is 14.1. The quantitative estimate of drug-likeness (QED) is 0.254. The Labute approximate surface area is 172 Å². The van der Waals surface area contributed by atoms with E-state index >= 15 is 0 Å². The number of halogens is 1. The number of phenolic OH excluding ortho intramolecular Hbond substituents is 1. The van der Waals surface area contributed by atoms with Gasteiger partial charge in [-0.15, -0.1) is 0 Å². The highest BCUT2D eigenvalue weighted by atomic mass is 127. The van der Waals surface area contributed by atoms with Gasteiger partial charge < -0.3 is 9.84 Å². The van der Waals surface area contributed by atoms with Gasteiger partial charge in [0.15, 0.2) is 5.78 Å². The fourth-order valence-corrected chi connectivity index (χ4v) is 4.58. The average Bonchev–Trinajstić information content (AvgIpc) is 2.61. The van der Waals surface area contributed by atoms with Gasteiger partial charge in [-0.05, 0) is 26.3 Å². The molecule has 2 aromatic carbocycles. The first-order chi connectivity index (χ1) is 12.7. The smallest absolute Gasteiger partial charge is 0.300 e. The number of benzene rings is 2. The second kappa shape index (κ2) is 9.03. The van der Waals surface area contributed by atoms with Crippen LogP contribution in [0.5, 0.6) is 11.5 Å². The van der Waals surface area contributed by atoms with Crippen LogP contribution < -0.4 is 4.74 Å². The van der Waals surface area contributed by atoms with E-state index in [0.717, 1.165) is 22.1 Å². The van der Waals surface area contributed by atoms with Gasteiger partial charge in [-0.3, -0.25) is 8.98 Å². The van der Waals surface area contributed by atoms with Crippen LogP contribution in [0.4, 0.5) is 0 Å². The van der Waals surface area contributed by atoms with E-state index in [1.54, 1.807) is 31.2 Å². The van der Waals surface area contributed by atoms with Gasteiger partial charge in [0.25, 0.3) is 0 Å². The van der Waals surface area contributed by atoms with E-state index in [9.17, 15) is 18.3 Å². The van der Waals surface area contributed by atoms with E-state index < -0.39 is 22.0 Å². The second-order valence-corrected chi connectivity index (χ2v) is 8.67. The Morgan fingerprint density at radius 1 is 1.22 bits per heavy atom. The minimum Gasteiger partial charge on any atom is -0.507 e. The molecule has 6 nitrogen and oxygen atoms in total. The monoisotopic (exact) mass is 504 g/mol. The third-order valence-corrected chi connectivity index (χ3v) is 5.98. The predicted molar refractivity (Wildman–Crippen MR) is 111 cm³/mol. The zero-order chi connectivity index (χ0) is 20.2. The summed E-state index contributed by atoms with van der Waals surface area (Å²) < 4.78 is 36.3. The molecule has 0 fully saturated rings. The number of ether oxygens (including phenoxy) is 1. The molecular weight excluding hydrogens is 483 g/mol. The molecule has 0 heterocycles. The minimum atomic E-state index is -4.18. The first-order valence-electron chi connectivity index (χ1n) is 8.21. The molecule has 0 aromatic heterocycles. The van der Waals surface area contributed by atoms with E-state index in [1.807, 2.05) is 6.92 Å². The number of hydrogen-bond acceptors (Lipinski definition) is 6. The Hall–Kier alpha value is -1.65. The van der Waals surface area contributed by atoms with Crippen LogP contribution in [-0.2, 0) is 14.3 Å². The lowest BCUT2D eigenvalue weighted by atomic mass is 10.0. The topological polar surface area (TPSA) is 89.9 Å². The molecule has 0 aliphatic heterocycles. The highest BCUT2D eigenvalue weighted by Crippen LogP contribution is 2.34. The number of carbonyl (C=O) groups excluding carboxylic acids is 1. The van der Waals surface area contributed by atoms with E-state index in [4.69, 9.17) is 8.92 Å². The number of ketones is 1. The van der Waals surface area contributed by atoms with Crippen molar-refractivity contribution < 1.29 is 27.2 Å². The molecule has 0 amide bonds. The van der Waals surface area contributed by atoms with Crippen LogP contribution >= 0.6 is 22.6 Å². The number of carbonyl (C=O) groups is 1. The molecule has 0 aliphatic carbocycles. The maximum atomic E-state index is 12.7. The number of rotatable bonds is 8. The van der Waals surface area contributed by atoms with Crippen molar-refractivity contribution >= 4 is 38.5 Å². The van der Waals surface area contributed by atoms with Gasteiger partial charge in [0.2, 0.25) is 0 Å². The molecule has 146 valence electrons. The molecule has 27 heavy (non-hydrogen) atoms. The number of phenols is 1. The largest absolute Gasteiger partial charge is 0.507 e. The molecule has 0 saturated heterocycles. The Morgan fingerprint density at radius 2 is 1.85 bits per heavy atom. The van der Waals surface area contributed by atoms with E-state index in [0.29, 0.717) is 12.0 Å². The number of alkyl halides is 1. The molecule has 0 saturated carbocycles. The zero-order valence-corrected chi connectivity index (χ0v) is 18.2. The Kier molecular flexibility index (Phi) is 7.24. The normalized spacial score (nSPS) is 12.6. The fourth-order valence-electron chi connectivity index (χ4n) is 2.42. The van der Waals surface area contributed by atoms with Crippen molar-refractivity contribution in [2.45, 2.75) is 31.3 Å². The summed E-state index contributed by atoms with van der Waals surface area (Å²) in [6, 6.07) is 8.98. The highest BCUT2D eigenvalue weighted by Gasteiger charge is 2.27. The van der Waals surface area contributed by atoms with Gasteiger partial charge in [-0.25, -0.2) is 0 Å². The van der Waals surface area contributed by atoms with Crippen LogP contribution in [0.3, 0.4) is 0 Å². The van der Waals surface area contributed by atoms with Crippen molar-refractivity contribution in [1.82, 2.24) is 0 Å². The van der Waals surface area contributed by atoms with Crippen molar-refractivity contribution in [1.29, 1.82) is 0 Å². The second-order valence-electron chi connectivity index (χ2n) is 6.05. The van der Waals surface area contributed by atoms with Crippen LogP contribution in [0.2, 0.25) is 0 Å². The summed E-state index contributed by atoms with van der Waals surface area (Å²) in [6.07, 6.45) is 0.0247. The number of aromatic hydroxyl groups is 1. The lowest BCUT2D eigenvalue weighted by molar-refractivity contribution is 0.103. The third kappa shape index (κ3) is 5.20. The van der Waals surface area contributed by atoms with Crippen molar-refractivity contribution in [3.8, 4) is 11.5 Å². The van der Waals surface area contributed by atoms with E-state index in [1.165, 1.54) is 7.11 Å². The molecule has 0 spiro atoms. The van der Waals surface area contributed by atoms with Crippen molar-refractivity contribution in [3.63, 3.8) is 0 Å². The van der Waals surface area contributed by atoms with E-state index in [-0.39, 0.29) is 22.0 Å². The average molecular weight is 504 g/mol. The standard InChI is InChI=1S/C19H21IO6S/c1-12-4-6-14(7-5-12)19(22)15-10-18(17(25-3)11-16(15)21)27(23,24)26-13(2)8-9-20/h4-7,10-11,13,21H,8-9H2,1-3H3. The molecule has 0 aliphatic rings. The SMILES string of the molecule is COc1cc(O)c(C(=O)c2ccc(C)cc2)cc1S(=O)(=O)OC(C)CCI. The summed E-state index contributed by atoms with van der Waals surface area (Å²) in [7, 11) is -2.90. The van der Waals surface area contributed by atoms with Crippen LogP contribution in [0.25, 0.3) is 0 Å². The number of methoxy groups -OCH3 is 1. The summed E-state index contributed by atoms with van der Waals surface area (Å²) in [4.78, 5) is 12.5. The van der Waals surface area contributed by atoms with Crippen LogP contribution in [0.15, 0.2) is 41.3 Å². The number of aryl methyl sites for hydroxylation is 1. The zero-order valence-electron chi connectivity index (χ0n) is 15.2. The fraction of sp³-hybridized carbons (Fsp3) is 0.316. The van der Waals surface area contributed by atoms with Crippen molar-refractivity contribution in [2.24, 2.45) is 0 Å². The Balaban J connectivity index is 2.51. The first-order valence-corrected chi connectivity index (χ1v) is 11.1. The lowest BCUT2D eigenvalue weighted by Crippen LogP contribution is -2.17. The maximum Gasteiger partial charge on any atom is 0.300 e. The molecular formula is C19H21IO6S. The van der Waals surface area contributed by atoms with Gasteiger partial charge in [0.05, 0.1) is 18.8 Å². The van der Waals surface area contributed by atoms with E-state index in [2.05, 4.69) is 22.6 Å². The van der Waals surface area contributed by atoms with Gasteiger partial charge in [0, 0.05) is 16.1 Å². The summed E-state index contributed by atoms with van der Waals surface area (Å²) in [5, 5.41) is 10.2. The minimum absolute atomic E-state index is 0.0883. The molecule has 1 atom stereocenters. The van der Waals surface area contributed by atoms with Gasteiger partial charge in [-0.1, -0.05) is 52.4 Å². The third-order valence-electron chi connectivity index (χ3n) is 3.92. The van der Waals surface area contributed by atoms with Crippen LogP contribution in [0, 0.1) is 6.92 Å². The summed E-state index contributed by atoms with van der Waals surface area (Å²) in [5.74, 6) is -0.946.